The van der Waals surface area contributed by atoms with Crippen molar-refractivity contribution in [1.82, 2.24) is 20.1 Å². The molecule has 3 rings (SSSR count). The van der Waals surface area contributed by atoms with Gasteiger partial charge in [0.2, 0.25) is 5.91 Å². The van der Waals surface area contributed by atoms with Crippen LogP contribution >= 0.6 is 0 Å². The lowest BCUT2D eigenvalue weighted by Gasteiger charge is -2.18. The van der Waals surface area contributed by atoms with E-state index in [2.05, 4.69) is 20.7 Å². The number of nitrogens with zero attached hydrogens (tertiary/aromatic N) is 3. The lowest BCUT2D eigenvalue weighted by molar-refractivity contribution is -0.119. The van der Waals surface area contributed by atoms with Gasteiger partial charge >= 0.3 is 0 Å². The smallest absolute Gasteiger partial charge is 0.229 e. The van der Waals surface area contributed by atoms with E-state index in [4.69, 9.17) is 0 Å². The van der Waals surface area contributed by atoms with Gasteiger partial charge in [-0.25, -0.2) is 0 Å². The zero-order chi connectivity index (χ0) is 15.7. The normalized spacial score (nSPS) is 21.0. The minimum atomic E-state index is -0.0941. The molecule has 0 aliphatic carbocycles. The molecule has 22 heavy (non-hydrogen) atoms. The first-order valence-corrected chi connectivity index (χ1v) is 7.48. The van der Waals surface area contributed by atoms with E-state index in [9.17, 15) is 4.79 Å². The fourth-order valence-corrected chi connectivity index (χ4v) is 3.02. The van der Waals surface area contributed by atoms with Gasteiger partial charge in [0.1, 0.15) is 0 Å². The molecule has 116 valence electrons. The first-order chi connectivity index (χ1) is 10.6. The maximum Gasteiger partial charge on any atom is 0.229 e. The molecule has 2 aromatic rings. The summed E-state index contributed by atoms with van der Waals surface area (Å²) in [7, 11) is 1.93. The second-order valence-electron chi connectivity index (χ2n) is 5.92. The largest absolute Gasteiger partial charge is 0.324 e. The van der Waals surface area contributed by atoms with Crippen molar-refractivity contribution in [2.24, 2.45) is 13.0 Å². The molecule has 0 saturated carbocycles. The summed E-state index contributed by atoms with van der Waals surface area (Å²) in [6, 6.07) is 1.93. The second kappa shape index (κ2) is 5.88. The van der Waals surface area contributed by atoms with Gasteiger partial charge in [0.15, 0.2) is 0 Å². The van der Waals surface area contributed by atoms with E-state index in [-0.39, 0.29) is 17.7 Å². The lowest BCUT2D eigenvalue weighted by atomic mass is 9.88. The fraction of sp³-hybridized carbons (Fsp3) is 0.438. The monoisotopic (exact) mass is 299 g/mol. The first-order valence-electron chi connectivity index (χ1n) is 7.48. The van der Waals surface area contributed by atoms with Gasteiger partial charge in [-0.05, 0) is 31.0 Å². The molecule has 2 atom stereocenters. The lowest BCUT2D eigenvalue weighted by Crippen LogP contribution is -2.28. The molecule has 3 heterocycles. The Morgan fingerprint density at radius 1 is 1.32 bits per heavy atom. The Kier molecular flexibility index (Phi) is 3.94. The SMILES string of the molecule is Cc1cncc(NC(=O)[C@H]2CNC[C@@H]2c2cnn(C)c2C)c1. The van der Waals surface area contributed by atoms with Gasteiger partial charge in [-0.2, -0.15) is 5.10 Å². The summed E-state index contributed by atoms with van der Waals surface area (Å²) in [6.07, 6.45) is 5.33. The topological polar surface area (TPSA) is 71.8 Å². The van der Waals surface area contributed by atoms with Crippen molar-refractivity contribution < 1.29 is 4.79 Å². The van der Waals surface area contributed by atoms with Crippen molar-refractivity contribution >= 4 is 11.6 Å². The van der Waals surface area contributed by atoms with E-state index >= 15 is 0 Å². The molecule has 6 heteroatoms. The molecule has 0 unspecified atom stereocenters. The van der Waals surface area contributed by atoms with E-state index in [0.717, 1.165) is 29.1 Å². The molecule has 6 nitrogen and oxygen atoms in total. The number of carbonyl (C=O) groups is 1. The molecule has 1 saturated heterocycles. The number of amides is 1. The number of aryl methyl sites for hydroxylation is 2. The molecule has 0 bridgehead atoms. The van der Waals surface area contributed by atoms with Gasteiger partial charge in [-0.15, -0.1) is 0 Å². The summed E-state index contributed by atoms with van der Waals surface area (Å²) in [5.74, 6) is 0.0977. The molecular weight excluding hydrogens is 278 g/mol. The number of pyridine rings is 1. The Balaban J connectivity index is 1.78. The summed E-state index contributed by atoms with van der Waals surface area (Å²) in [6.45, 7) is 5.49. The van der Waals surface area contributed by atoms with Crippen LogP contribution in [0.4, 0.5) is 5.69 Å². The van der Waals surface area contributed by atoms with Crippen LogP contribution < -0.4 is 10.6 Å². The Morgan fingerprint density at radius 2 is 2.14 bits per heavy atom. The average molecular weight is 299 g/mol. The molecule has 0 spiro atoms. The number of carbonyl (C=O) groups excluding carboxylic acids is 1. The zero-order valence-corrected chi connectivity index (χ0v) is 13.1. The molecule has 1 fully saturated rings. The van der Waals surface area contributed by atoms with Gasteiger partial charge in [0.25, 0.3) is 0 Å². The molecular formula is C16H21N5O. The Labute approximate surface area is 129 Å². The summed E-state index contributed by atoms with van der Waals surface area (Å²) in [5, 5.41) is 10.6. The molecule has 2 aromatic heterocycles. The number of hydrogen-bond donors (Lipinski definition) is 2. The fourth-order valence-electron chi connectivity index (χ4n) is 3.02. The highest BCUT2D eigenvalue weighted by molar-refractivity contribution is 5.93. The maximum atomic E-state index is 12.6. The predicted molar refractivity (Wildman–Crippen MR) is 84.6 cm³/mol. The number of nitrogens with one attached hydrogen (secondary N) is 2. The van der Waals surface area contributed by atoms with Gasteiger partial charge in [-0.3, -0.25) is 14.5 Å². The van der Waals surface area contributed by atoms with E-state index < -0.39 is 0 Å². The van der Waals surface area contributed by atoms with E-state index in [0.29, 0.717) is 6.54 Å². The first kappa shape index (κ1) is 14.7. The molecule has 1 amide bonds. The summed E-state index contributed by atoms with van der Waals surface area (Å²) in [5.41, 5.74) is 4.04. The number of aromatic nitrogens is 3. The Bertz CT molecular complexity index is 694. The number of hydrogen-bond acceptors (Lipinski definition) is 4. The highest BCUT2D eigenvalue weighted by Crippen LogP contribution is 2.30. The standard InChI is InChI=1S/C16H21N5O/c1-10-4-12(6-17-5-10)20-16(22)15-8-18-7-14(15)13-9-19-21(3)11(13)2/h4-6,9,14-15,18H,7-8H2,1-3H3,(H,20,22)/t14-,15+/m1/s1. The van der Waals surface area contributed by atoms with Crippen LogP contribution in [0.2, 0.25) is 0 Å². The van der Waals surface area contributed by atoms with Crippen LogP contribution in [0.1, 0.15) is 22.7 Å². The molecule has 2 N–H and O–H groups in total. The van der Waals surface area contributed by atoms with E-state index in [1.807, 2.05) is 37.8 Å². The minimum absolute atomic E-state index is 0.0330. The van der Waals surface area contributed by atoms with Crippen molar-refractivity contribution in [3.05, 3.63) is 41.5 Å². The van der Waals surface area contributed by atoms with Crippen molar-refractivity contribution in [3.8, 4) is 0 Å². The van der Waals surface area contributed by atoms with Crippen LogP contribution in [-0.4, -0.2) is 33.8 Å². The molecule has 0 radical (unpaired) electrons. The molecule has 0 aromatic carbocycles. The maximum absolute atomic E-state index is 12.6. The zero-order valence-electron chi connectivity index (χ0n) is 13.1. The summed E-state index contributed by atoms with van der Waals surface area (Å²) < 4.78 is 1.85. The van der Waals surface area contributed by atoms with Gasteiger partial charge in [-0.1, -0.05) is 0 Å². The van der Waals surface area contributed by atoms with Gasteiger partial charge < -0.3 is 10.6 Å². The van der Waals surface area contributed by atoms with Crippen molar-refractivity contribution in [1.29, 1.82) is 0 Å². The Hall–Kier alpha value is -2.21. The predicted octanol–water partition coefficient (Wildman–Crippen LogP) is 1.37. The minimum Gasteiger partial charge on any atom is -0.324 e. The number of anilines is 1. The quantitative estimate of drug-likeness (QED) is 0.898. The third-order valence-corrected chi connectivity index (χ3v) is 4.37. The molecule has 1 aliphatic rings. The Morgan fingerprint density at radius 3 is 2.82 bits per heavy atom. The third-order valence-electron chi connectivity index (χ3n) is 4.37. The van der Waals surface area contributed by atoms with Crippen LogP contribution in [-0.2, 0) is 11.8 Å². The van der Waals surface area contributed by atoms with E-state index in [1.165, 1.54) is 0 Å². The van der Waals surface area contributed by atoms with Crippen LogP contribution in [0, 0.1) is 19.8 Å². The van der Waals surface area contributed by atoms with Crippen molar-refractivity contribution in [3.63, 3.8) is 0 Å². The highest BCUT2D eigenvalue weighted by Gasteiger charge is 2.35. The second-order valence-corrected chi connectivity index (χ2v) is 5.92. The van der Waals surface area contributed by atoms with Crippen LogP contribution in [0.15, 0.2) is 24.7 Å². The van der Waals surface area contributed by atoms with Crippen molar-refractivity contribution in [2.45, 2.75) is 19.8 Å². The summed E-state index contributed by atoms with van der Waals surface area (Å²) >= 11 is 0. The van der Waals surface area contributed by atoms with Crippen LogP contribution in [0.3, 0.4) is 0 Å². The van der Waals surface area contributed by atoms with Crippen LogP contribution in [0.5, 0.6) is 0 Å². The third kappa shape index (κ3) is 2.74. The highest BCUT2D eigenvalue weighted by atomic mass is 16.2. The average Bonchev–Trinajstić information content (AvgIpc) is 3.07. The summed E-state index contributed by atoms with van der Waals surface area (Å²) in [4.78, 5) is 16.7. The van der Waals surface area contributed by atoms with Gasteiger partial charge in [0, 0.05) is 37.9 Å². The van der Waals surface area contributed by atoms with E-state index in [1.54, 1.807) is 12.4 Å². The number of rotatable bonds is 3. The van der Waals surface area contributed by atoms with Crippen LogP contribution in [0.25, 0.3) is 0 Å². The van der Waals surface area contributed by atoms with Gasteiger partial charge in [0.05, 0.1) is 24.0 Å². The van der Waals surface area contributed by atoms with Crippen molar-refractivity contribution in [2.75, 3.05) is 18.4 Å². The molecule has 1 aliphatic heterocycles.